The lowest BCUT2D eigenvalue weighted by molar-refractivity contribution is -0.0500. The number of hydrogen-bond acceptors (Lipinski definition) is 2. The fraction of sp³-hybridized carbons (Fsp3) is 0.0833. The van der Waals surface area contributed by atoms with Crippen LogP contribution in [-0.2, 0) is 0 Å². The fourth-order valence-corrected chi connectivity index (χ4v) is 1.46. The molecule has 0 amide bonds. The molecule has 1 aromatic heterocycles. The van der Waals surface area contributed by atoms with E-state index in [-0.39, 0.29) is 5.75 Å². The van der Waals surface area contributed by atoms with Gasteiger partial charge in [-0.15, -0.1) is 0 Å². The lowest BCUT2D eigenvalue weighted by Crippen LogP contribution is -2.05. The van der Waals surface area contributed by atoms with Gasteiger partial charge in [0.15, 0.2) is 0 Å². The summed E-state index contributed by atoms with van der Waals surface area (Å²) in [5, 5.41) is 0. The summed E-state index contributed by atoms with van der Waals surface area (Å²) in [6, 6.07) is 6.50. The van der Waals surface area contributed by atoms with Crippen LogP contribution in [-0.4, -0.2) is 16.2 Å². The summed E-state index contributed by atoms with van der Waals surface area (Å²) in [7, 11) is 0. The number of benzene rings is 1. The molecule has 5 heteroatoms. The van der Waals surface area contributed by atoms with E-state index < -0.39 is 6.61 Å². The van der Waals surface area contributed by atoms with E-state index >= 15 is 0 Å². The summed E-state index contributed by atoms with van der Waals surface area (Å²) < 4.78 is 30.5. The maximum absolute atomic E-state index is 12.2. The van der Waals surface area contributed by atoms with Crippen LogP contribution in [0.3, 0.4) is 0 Å². The second-order valence-corrected chi connectivity index (χ2v) is 3.29. The zero-order valence-corrected chi connectivity index (χ0v) is 8.88. The third-order valence-electron chi connectivity index (χ3n) is 2.23. The summed E-state index contributed by atoms with van der Waals surface area (Å²) in [6.07, 6.45) is 4.81. The molecule has 0 radical (unpaired) electrons. The van der Waals surface area contributed by atoms with Crippen molar-refractivity contribution in [1.82, 2.24) is 9.55 Å². The number of nitrogens with zero attached hydrogens (tertiary/aromatic N) is 2. The maximum Gasteiger partial charge on any atom is 0.387 e. The highest BCUT2D eigenvalue weighted by atomic mass is 19.3. The first-order valence-corrected chi connectivity index (χ1v) is 4.90. The highest BCUT2D eigenvalue weighted by Gasteiger charge is 2.11. The van der Waals surface area contributed by atoms with Crippen LogP contribution in [0.5, 0.6) is 5.75 Å². The van der Waals surface area contributed by atoms with Gasteiger partial charge in [-0.3, -0.25) is 0 Å². The number of halogens is 2. The van der Waals surface area contributed by atoms with Crippen LogP contribution < -0.4 is 4.74 Å². The van der Waals surface area contributed by atoms with Gasteiger partial charge in [0.2, 0.25) is 0 Å². The van der Waals surface area contributed by atoms with Crippen molar-refractivity contribution in [3.05, 3.63) is 55.1 Å². The summed E-state index contributed by atoms with van der Waals surface area (Å²) in [5.74, 6) is 0.0983. The van der Waals surface area contributed by atoms with E-state index in [9.17, 15) is 8.78 Å². The molecule has 0 fully saturated rings. The number of rotatable bonds is 4. The summed E-state index contributed by atoms with van der Waals surface area (Å²) >= 11 is 0. The average Bonchev–Trinajstić information content (AvgIpc) is 2.81. The van der Waals surface area contributed by atoms with Crippen LogP contribution in [0.1, 0.15) is 5.56 Å². The predicted molar refractivity (Wildman–Crippen MR) is 59.7 cm³/mol. The molecule has 0 N–H and O–H groups in total. The molecule has 17 heavy (non-hydrogen) atoms. The molecule has 1 aromatic carbocycles. The summed E-state index contributed by atoms with van der Waals surface area (Å²) in [4.78, 5) is 3.87. The van der Waals surface area contributed by atoms with Crippen LogP contribution >= 0.6 is 0 Å². The summed E-state index contributed by atoms with van der Waals surface area (Å²) in [5.41, 5.74) is 1.03. The van der Waals surface area contributed by atoms with Gasteiger partial charge in [0.1, 0.15) is 5.75 Å². The van der Waals surface area contributed by atoms with Crippen molar-refractivity contribution >= 4 is 5.70 Å². The molecule has 0 atom stereocenters. The smallest absolute Gasteiger partial charge is 0.387 e. The van der Waals surface area contributed by atoms with Crippen molar-refractivity contribution in [3.8, 4) is 5.75 Å². The first-order chi connectivity index (χ1) is 8.18. The van der Waals surface area contributed by atoms with Gasteiger partial charge in [-0.05, 0) is 12.1 Å². The Hall–Kier alpha value is -2.17. The van der Waals surface area contributed by atoms with Gasteiger partial charge < -0.3 is 9.30 Å². The van der Waals surface area contributed by atoms with Gasteiger partial charge in [0.05, 0.1) is 12.0 Å². The zero-order chi connectivity index (χ0) is 12.3. The Labute approximate surface area is 97.0 Å². The Morgan fingerprint density at radius 2 is 2.12 bits per heavy atom. The monoisotopic (exact) mass is 236 g/mol. The van der Waals surface area contributed by atoms with Crippen molar-refractivity contribution in [2.75, 3.05) is 0 Å². The molecule has 0 unspecified atom stereocenters. The lowest BCUT2D eigenvalue weighted by atomic mass is 10.1. The molecule has 0 saturated carbocycles. The van der Waals surface area contributed by atoms with Gasteiger partial charge in [-0.25, -0.2) is 4.98 Å². The van der Waals surface area contributed by atoms with Crippen molar-refractivity contribution in [2.24, 2.45) is 0 Å². The van der Waals surface area contributed by atoms with E-state index in [0.29, 0.717) is 11.3 Å². The number of imidazole rings is 1. The Morgan fingerprint density at radius 1 is 1.35 bits per heavy atom. The van der Waals surface area contributed by atoms with Gasteiger partial charge in [0.25, 0.3) is 0 Å². The number of aromatic nitrogens is 2. The predicted octanol–water partition coefficient (Wildman–Crippen LogP) is 3.00. The molecule has 3 nitrogen and oxygen atoms in total. The topological polar surface area (TPSA) is 27.1 Å². The molecule has 2 aromatic rings. The maximum atomic E-state index is 12.2. The largest absolute Gasteiger partial charge is 0.434 e. The first-order valence-electron chi connectivity index (χ1n) is 4.90. The van der Waals surface area contributed by atoms with E-state index in [4.69, 9.17) is 0 Å². The number of hydrogen-bond donors (Lipinski definition) is 0. The minimum absolute atomic E-state index is 0.0983. The Kier molecular flexibility index (Phi) is 3.18. The third kappa shape index (κ3) is 2.50. The number of alkyl halides is 2. The number of ether oxygens (including phenoxy) is 1. The number of para-hydroxylation sites is 1. The third-order valence-corrected chi connectivity index (χ3v) is 2.23. The van der Waals surface area contributed by atoms with Gasteiger partial charge >= 0.3 is 6.61 Å². The second kappa shape index (κ2) is 4.78. The highest BCUT2D eigenvalue weighted by Crippen LogP contribution is 2.27. The molecule has 0 bridgehead atoms. The molecule has 0 aliphatic rings. The zero-order valence-electron chi connectivity index (χ0n) is 8.88. The molecule has 1 heterocycles. The first kappa shape index (κ1) is 11.3. The Morgan fingerprint density at radius 3 is 2.76 bits per heavy atom. The average molecular weight is 236 g/mol. The van der Waals surface area contributed by atoms with E-state index in [2.05, 4.69) is 16.3 Å². The van der Waals surface area contributed by atoms with Crippen LogP contribution in [0.15, 0.2) is 49.6 Å². The normalized spacial score (nSPS) is 10.5. The lowest BCUT2D eigenvalue weighted by Gasteiger charge is -2.12. The minimum atomic E-state index is -2.85. The van der Waals surface area contributed by atoms with E-state index in [1.165, 1.54) is 6.07 Å². The Balaban J connectivity index is 2.35. The van der Waals surface area contributed by atoms with Crippen LogP contribution in [0.2, 0.25) is 0 Å². The van der Waals surface area contributed by atoms with E-state index in [1.54, 1.807) is 41.5 Å². The van der Waals surface area contributed by atoms with Crippen molar-refractivity contribution in [2.45, 2.75) is 6.61 Å². The molecule has 0 aliphatic carbocycles. The molecular formula is C12H10F2N2O. The van der Waals surface area contributed by atoms with E-state index in [1.807, 2.05) is 0 Å². The van der Waals surface area contributed by atoms with Crippen molar-refractivity contribution < 1.29 is 13.5 Å². The van der Waals surface area contributed by atoms with Crippen LogP contribution in [0, 0.1) is 0 Å². The molecule has 0 spiro atoms. The minimum Gasteiger partial charge on any atom is -0.434 e. The van der Waals surface area contributed by atoms with Gasteiger partial charge in [0, 0.05) is 18.0 Å². The molecule has 88 valence electrons. The standard InChI is InChI=1S/C12H10F2N2O/c1-9(16-7-6-15-8-16)10-4-2-3-5-11(10)17-12(13)14/h2-8,12H,1H2. The molecular weight excluding hydrogens is 226 g/mol. The molecule has 0 aliphatic heterocycles. The quantitative estimate of drug-likeness (QED) is 0.815. The van der Waals surface area contributed by atoms with E-state index in [0.717, 1.165) is 0 Å². The molecule has 0 saturated heterocycles. The SMILES string of the molecule is C=C(c1ccccc1OC(F)F)n1ccnc1. The van der Waals surface area contributed by atoms with Crippen molar-refractivity contribution in [3.63, 3.8) is 0 Å². The molecule has 2 rings (SSSR count). The highest BCUT2D eigenvalue weighted by molar-refractivity contribution is 5.68. The van der Waals surface area contributed by atoms with Crippen molar-refractivity contribution in [1.29, 1.82) is 0 Å². The van der Waals surface area contributed by atoms with Crippen LogP contribution in [0.4, 0.5) is 8.78 Å². The Bertz CT molecular complexity index is 509. The van der Waals surface area contributed by atoms with Gasteiger partial charge in [-0.1, -0.05) is 18.7 Å². The summed E-state index contributed by atoms with van der Waals surface area (Å²) in [6.45, 7) is 0.979. The van der Waals surface area contributed by atoms with Crippen LogP contribution in [0.25, 0.3) is 5.70 Å². The van der Waals surface area contributed by atoms with Gasteiger partial charge in [-0.2, -0.15) is 8.78 Å². The second-order valence-electron chi connectivity index (χ2n) is 3.29. The fourth-order valence-electron chi connectivity index (χ4n) is 1.46.